The van der Waals surface area contributed by atoms with E-state index in [4.69, 9.17) is 0 Å². The maximum atomic E-state index is 12.5. The van der Waals surface area contributed by atoms with Crippen LogP contribution in [0.3, 0.4) is 0 Å². The Morgan fingerprint density at radius 3 is 2.05 bits per heavy atom. The highest BCUT2D eigenvalue weighted by atomic mass is 32.2. The molecule has 0 aromatic carbocycles. The summed E-state index contributed by atoms with van der Waals surface area (Å²) in [5.74, 6) is 1.60. The van der Waals surface area contributed by atoms with Crippen molar-refractivity contribution < 1.29 is 9.59 Å². The highest BCUT2D eigenvalue weighted by Crippen LogP contribution is 2.44. The van der Waals surface area contributed by atoms with Gasteiger partial charge in [0.05, 0.1) is 6.07 Å². The SMILES string of the molecule is N#CC1(N2C(=O)C3SCCSC3C2=O)CCCCC1. The van der Waals surface area contributed by atoms with Gasteiger partial charge in [0.1, 0.15) is 16.0 Å². The minimum atomic E-state index is -0.856. The number of imide groups is 1. The zero-order valence-corrected chi connectivity index (χ0v) is 12.3. The van der Waals surface area contributed by atoms with Gasteiger partial charge in [-0.2, -0.15) is 5.26 Å². The van der Waals surface area contributed by atoms with Gasteiger partial charge in [0, 0.05) is 11.5 Å². The molecule has 3 fully saturated rings. The number of thioether (sulfide) groups is 2. The number of carbonyl (C=O) groups is 2. The number of rotatable bonds is 1. The quantitative estimate of drug-likeness (QED) is 0.691. The van der Waals surface area contributed by atoms with Gasteiger partial charge in [-0.15, -0.1) is 23.5 Å². The third-order valence-corrected chi connectivity index (χ3v) is 7.17. The molecule has 0 bridgehead atoms. The fourth-order valence-corrected chi connectivity index (χ4v) is 6.06. The third kappa shape index (κ3) is 1.98. The molecule has 2 unspecified atom stereocenters. The number of likely N-dealkylation sites (tertiary alicyclic amines) is 1. The Kier molecular flexibility index (Phi) is 3.52. The van der Waals surface area contributed by atoms with E-state index in [0.29, 0.717) is 12.8 Å². The lowest BCUT2D eigenvalue weighted by Gasteiger charge is -2.37. The smallest absolute Gasteiger partial charge is 0.245 e. The lowest BCUT2D eigenvalue weighted by molar-refractivity contribution is -0.144. The van der Waals surface area contributed by atoms with Crippen molar-refractivity contribution in [1.29, 1.82) is 5.26 Å². The van der Waals surface area contributed by atoms with Gasteiger partial charge in [0.25, 0.3) is 0 Å². The first kappa shape index (κ1) is 13.3. The van der Waals surface area contributed by atoms with Crippen LogP contribution in [0.25, 0.3) is 0 Å². The summed E-state index contributed by atoms with van der Waals surface area (Å²) in [4.78, 5) is 26.4. The van der Waals surface area contributed by atoms with Crippen molar-refractivity contribution in [2.24, 2.45) is 0 Å². The van der Waals surface area contributed by atoms with Crippen molar-refractivity contribution in [2.45, 2.75) is 48.1 Å². The Bertz CT molecular complexity index is 430. The molecule has 2 atom stereocenters. The maximum absolute atomic E-state index is 12.5. The van der Waals surface area contributed by atoms with E-state index in [0.717, 1.165) is 30.8 Å². The number of fused-ring (bicyclic) bond motifs is 1. The van der Waals surface area contributed by atoms with E-state index in [9.17, 15) is 14.9 Å². The summed E-state index contributed by atoms with van der Waals surface area (Å²) < 4.78 is 0. The molecule has 102 valence electrons. The lowest BCUT2D eigenvalue weighted by atomic mass is 9.81. The van der Waals surface area contributed by atoms with Crippen molar-refractivity contribution >= 4 is 35.3 Å². The summed E-state index contributed by atoms with van der Waals surface area (Å²) in [7, 11) is 0. The minimum absolute atomic E-state index is 0.115. The summed E-state index contributed by atoms with van der Waals surface area (Å²) in [6.07, 6.45) is 4.25. The predicted octanol–water partition coefficient (Wildman–Crippen LogP) is 1.80. The monoisotopic (exact) mass is 296 g/mol. The Morgan fingerprint density at radius 1 is 1.05 bits per heavy atom. The molecule has 2 amide bonds. The number of carbonyl (C=O) groups excluding carboxylic acids is 2. The summed E-state index contributed by atoms with van der Waals surface area (Å²) >= 11 is 3.16. The number of hydrogen-bond donors (Lipinski definition) is 0. The van der Waals surface area contributed by atoms with Crippen LogP contribution >= 0.6 is 23.5 Å². The van der Waals surface area contributed by atoms with Gasteiger partial charge < -0.3 is 0 Å². The normalized spacial score (nSPS) is 33.9. The molecule has 0 spiro atoms. The zero-order valence-electron chi connectivity index (χ0n) is 10.6. The van der Waals surface area contributed by atoms with Crippen LogP contribution in [0.2, 0.25) is 0 Å². The highest BCUT2D eigenvalue weighted by Gasteiger charge is 2.57. The van der Waals surface area contributed by atoms with E-state index in [1.807, 2.05) is 0 Å². The van der Waals surface area contributed by atoms with Gasteiger partial charge in [-0.3, -0.25) is 14.5 Å². The van der Waals surface area contributed by atoms with Gasteiger partial charge >= 0.3 is 0 Å². The van der Waals surface area contributed by atoms with Crippen molar-refractivity contribution in [2.75, 3.05) is 11.5 Å². The van der Waals surface area contributed by atoms with Crippen molar-refractivity contribution in [3.05, 3.63) is 0 Å². The van der Waals surface area contributed by atoms with Gasteiger partial charge in [-0.05, 0) is 12.8 Å². The van der Waals surface area contributed by atoms with Gasteiger partial charge in [0.2, 0.25) is 11.8 Å². The summed E-state index contributed by atoms with van der Waals surface area (Å²) in [6, 6.07) is 2.30. The Hall–Kier alpha value is -0.670. The average molecular weight is 296 g/mol. The minimum Gasteiger partial charge on any atom is -0.273 e. The molecular formula is C13H16N2O2S2. The molecule has 0 aromatic heterocycles. The second kappa shape index (κ2) is 5.02. The van der Waals surface area contributed by atoms with Gasteiger partial charge in [-0.1, -0.05) is 19.3 Å². The molecule has 19 heavy (non-hydrogen) atoms. The van der Waals surface area contributed by atoms with E-state index in [1.165, 1.54) is 4.90 Å². The fourth-order valence-electron chi connectivity index (χ4n) is 3.23. The van der Waals surface area contributed by atoms with E-state index in [-0.39, 0.29) is 22.3 Å². The van der Waals surface area contributed by atoms with E-state index >= 15 is 0 Å². The molecule has 2 aliphatic heterocycles. The molecule has 4 nitrogen and oxygen atoms in total. The van der Waals surface area contributed by atoms with E-state index in [2.05, 4.69) is 6.07 Å². The first-order valence-corrected chi connectivity index (χ1v) is 8.82. The predicted molar refractivity (Wildman–Crippen MR) is 75.8 cm³/mol. The Morgan fingerprint density at radius 2 is 1.58 bits per heavy atom. The van der Waals surface area contributed by atoms with Crippen LogP contribution in [0.5, 0.6) is 0 Å². The molecular weight excluding hydrogens is 280 g/mol. The van der Waals surface area contributed by atoms with Crippen molar-refractivity contribution in [3.63, 3.8) is 0 Å². The maximum Gasteiger partial charge on any atom is 0.245 e. The number of nitrogens with zero attached hydrogens (tertiary/aromatic N) is 2. The molecule has 3 aliphatic rings. The van der Waals surface area contributed by atoms with E-state index < -0.39 is 5.54 Å². The topological polar surface area (TPSA) is 61.2 Å². The van der Waals surface area contributed by atoms with Crippen LogP contribution in [0.4, 0.5) is 0 Å². The van der Waals surface area contributed by atoms with Crippen LogP contribution in [0.1, 0.15) is 32.1 Å². The summed E-state index contributed by atoms with van der Waals surface area (Å²) in [5, 5.41) is 9.06. The molecule has 2 saturated heterocycles. The molecule has 0 N–H and O–H groups in total. The fraction of sp³-hybridized carbons (Fsp3) is 0.769. The number of amides is 2. The Labute approximate surface area is 121 Å². The lowest BCUT2D eigenvalue weighted by Crippen LogP contribution is -2.52. The average Bonchev–Trinajstić information content (AvgIpc) is 2.73. The second-order valence-corrected chi connectivity index (χ2v) is 7.80. The summed E-state index contributed by atoms with van der Waals surface area (Å²) in [5.41, 5.74) is -0.856. The number of hydrogen-bond acceptors (Lipinski definition) is 5. The largest absolute Gasteiger partial charge is 0.273 e. The first-order chi connectivity index (χ1) is 9.19. The zero-order chi connectivity index (χ0) is 13.5. The first-order valence-electron chi connectivity index (χ1n) is 6.72. The molecule has 0 radical (unpaired) electrons. The molecule has 6 heteroatoms. The number of nitriles is 1. The molecule has 0 aromatic rings. The summed E-state index contributed by atoms with van der Waals surface area (Å²) in [6.45, 7) is 0. The van der Waals surface area contributed by atoms with Gasteiger partial charge in [0.15, 0.2) is 0 Å². The van der Waals surface area contributed by atoms with Crippen LogP contribution < -0.4 is 0 Å². The van der Waals surface area contributed by atoms with Crippen LogP contribution in [-0.4, -0.2) is 44.3 Å². The van der Waals surface area contributed by atoms with Crippen LogP contribution in [0.15, 0.2) is 0 Å². The Balaban J connectivity index is 1.93. The van der Waals surface area contributed by atoms with Crippen LogP contribution in [0, 0.1) is 11.3 Å². The highest BCUT2D eigenvalue weighted by molar-refractivity contribution is 8.08. The van der Waals surface area contributed by atoms with E-state index in [1.54, 1.807) is 23.5 Å². The molecule has 2 heterocycles. The molecule has 1 saturated carbocycles. The van der Waals surface area contributed by atoms with Crippen LogP contribution in [-0.2, 0) is 9.59 Å². The molecule has 3 rings (SSSR count). The third-order valence-electron chi connectivity index (χ3n) is 4.20. The van der Waals surface area contributed by atoms with Crippen molar-refractivity contribution in [1.82, 2.24) is 4.90 Å². The van der Waals surface area contributed by atoms with Crippen molar-refractivity contribution in [3.8, 4) is 6.07 Å². The standard InChI is InChI=1S/C13H16N2O2S2/c14-8-13(4-2-1-3-5-13)15-11(16)9-10(12(15)17)19-7-6-18-9/h9-10H,1-7H2. The molecule has 1 aliphatic carbocycles. The second-order valence-electron chi connectivity index (χ2n) is 5.30. The van der Waals surface area contributed by atoms with Gasteiger partial charge in [-0.25, -0.2) is 0 Å².